The molecule has 0 unspecified atom stereocenters. The van der Waals surface area contributed by atoms with E-state index >= 15 is 4.39 Å². The van der Waals surface area contributed by atoms with Crippen molar-refractivity contribution >= 4 is 57.2 Å². The summed E-state index contributed by atoms with van der Waals surface area (Å²) in [4.78, 5) is 48.6. The lowest BCUT2D eigenvalue weighted by Crippen LogP contribution is -2.41. The molecule has 0 radical (unpaired) electrons. The number of fused-ring (bicyclic) bond motifs is 1. The maximum atomic E-state index is 15.4. The highest BCUT2D eigenvalue weighted by atomic mass is 35.5. The molecule has 2 amide bonds. The van der Waals surface area contributed by atoms with Gasteiger partial charge >= 0.3 is 0 Å². The maximum absolute atomic E-state index is 15.4. The predicted molar refractivity (Wildman–Crippen MR) is 165 cm³/mol. The third-order valence-corrected chi connectivity index (χ3v) is 7.61. The first kappa shape index (κ1) is 28.9. The van der Waals surface area contributed by atoms with Crippen LogP contribution in [-0.2, 0) is 16.1 Å². The van der Waals surface area contributed by atoms with E-state index in [1.807, 2.05) is 0 Å². The normalized spacial score (nSPS) is 12.6. The first-order valence-electron chi connectivity index (χ1n) is 13.9. The molecule has 10 nitrogen and oxygen atoms in total. The molecule has 0 aliphatic heterocycles. The van der Waals surface area contributed by atoms with Gasteiger partial charge in [0.05, 0.1) is 29.3 Å². The molecule has 44 heavy (non-hydrogen) atoms. The Balaban J connectivity index is 1.19. The van der Waals surface area contributed by atoms with Crippen molar-refractivity contribution < 1.29 is 18.8 Å². The highest BCUT2D eigenvalue weighted by Gasteiger charge is 2.34. The van der Waals surface area contributed by atoms with Crippen LogP contribution >= 0.6 is 11.6 Å². The summed E-state index contributed by atoms with van der Waals surface area (Å²) in [5, 5.41) is 11.2. The van der Waals surface area contributed by atoms with Gasteiger partial charge in [-0.3, -0.25) is 19.1 Å². The number of carbonyl (C=O) groups is 3. The Morgan fingerprint density at radius 2 is 1.75 bits per heavy atom. The number of halogens is 2. The minimum Gasteiger partial charge on any atom is -0.353 e. The number of benzene rings is 3. The lowest BCUT2D eigenvalue weighted by Gasteiger charge is -2.22. The molecule has 2 N–H and O–H groups in total. The van der Waals surface area contributed by atoms with Gasteiger partial charge in [-0.25, -0.2) is 14.4 Å². The molecule has 12 heteroatoms. The lowest BCUT2D eigenvalue weighted by atomic mass is 10.0. The van der Waals surface area contributed by atoms with Gasteiger partial charge in [0.15, 0.2) is 11.6 Å². The van der Waals surface area contributed by atoms with E-state index in [1.54, 1.807) is 67.0 Å². The van der Waals surface area contributed by atoms with Gasteiger partial charge in [-0.1, -0.05) is 41.9 Å². The molecule has 0 saturated heterocycles. The molecule has 1 fully saturated rings. The number of aromatic nitrogens is 4. The second kappa shape index (κ2) is 12.2. The molecule has 222 valence electrons. The van der Waals surface area contributed by atoms with Crippen LogP contribution in [0, 0.1) is 5.82 Å². The summed E-state index contributed by atoms with van der Waals surface area (Å²) in [6.07, 6.45) is 6.18. The van der Waals surface area contributed by atoms with Crippen LogP contribution in [0.2, 0.25) is 5.02 Å². The molecular weight excluding hydrogens is 585 g/mol. The molecule has 3 aromatic carbocycles. The number of anilines is 3. The zero-order valence-electron chi connectivity index (χ0n) is 23.6. The van der Waals surface area contributed by atoms with E-state index in [1.165, 1.54) is 28.9 Å². The number of carbonyl (C=O) groups excluding carboxylic acids is 3. The maximum Gasteiger partial charge on any atom is 0.245 e. The third kappa shape index (κ3) is 6.13. The summed E-state index contributed by atoms with van der Waals surface area (Å²) >= 11 is 6.26. The first-order valence-corrected chi connectivity index (χ1v) is 14.3. The van der Waals surface area contributed by atoms with Crippen LogP contribution in [0.3, 0.4) is 0 Å². The molecule has 2 heterocycles. The van der Waals surface area contributed by atoms with Crippen LogP contribution in [0.4, 0.5) is 21.5 Å². The monoisotopic (exact) mass is 611 g/mol. The van der Waals surface area contributed by atoms with Gasteiger partial charge in [-0.2, -0.15) is 5.10 Å². The first-order chi connectivity index (χ1) is 21.3. The van der Waals surface area contributed by atoms with Gasteiger partial charge in [0.25, 0.3) is 0 Å². The zero-order valence-corrected chi connectivity index (χ0v) is 24.4. The average Bonchev–Trinajstić information content (AvgIpc) is 3.79. The Morgan fingerprint density at radius 1 is 1.00 bits per heavy atom. The van der Waals surface area contributed by atoms with Crippen molar-refractivity contribution in [1.82, 2.24) is 24.6 Å². The van der Waals surface area contributed by atoms with Gasteiger partial charge in [-0.15, -0.1) is 0 Å². The van der Waals surface area contributed by atoms with Crippen LogP contribution < -0.4 is 10.6 Å². The van der Waals surface area contributed by atoms with Gasteiger partial charge in [0.2, 0.25) is 11.8 Å². The fourth-order valence-electron chi connectivity index (χ4n) is 5.05. The fourth-order valence-corrected chi connectivity index (χ4v) is 5.29. The second-order valence-electron chi connectivity index (χ2n) is 10.5. The van der Waals surface area contributed by atoms with Crippen molar-refractivity contribution in [2.24, 2.45) is 0 Å². The second-order valence-corrected chi connectivity index (χ2v) is 10.9. The summed E-state index contributed by atoms with van der Waals surface area (Å²) < 4.78 is 16.9. The molecule has 2 aromatic heterocycles. The summed E-state index contributed by atoms with van der Waals surface area (Å²) in [6.45, 7) is 0.980. The van der Waals surface area contributed by atoms with Gasteiger partial charge in [0.1, 0.15) is 25.1 Å². The summed E-state index contributed by atoms with van der Waals surface area (Å²) in [7, 11) is 0. The van der Waals surface area contributed by atoms with Crippen molar-refractivity contribution in [3.63, 3.8) is 0 Å². The summed E-state index contributed by atoms with van der Waals surface area (Å²) in [6, 6.07) is 16.8. The zero-order chi connectivity index (χ0) is 30.8. The molecule has 0 atom stereocenters. The number of nitrogens with one attached hydrogen (secondary N) is 2. The van der Waals surface area contributed by atoms with Crippen molar-refractivity contribution in [2.45, 2.75) is 32.4 Å². The molecule has 1 aliphatic carbocycles. The van der Waals surface area contributed by atoms with Crippen molar-refractivity contribution in [3.05, 3.63) is 95.9 Å². The highest BCUT2D eigenvalue weighted by Crippen LogP contribution is 2.33. The van der Waals surface area contributed by atoms with E-state index in [0.717, 1.165) is 12.8 Å². The largest absolute Gasteiger partial charge is 0.353 e. The number of Topliss-reactive ketones (excluding diaryl/α,β-unsaturated/α-hetero) is 1. The number of hydrogen-bond acceptors (Lipinski definition) is 7. The predicted octanol–water partition coefficient (Wildman–Crippen LogP) is 5.86. The van der Waals surface area contributed by atoms with E-state index in [2.05, 4.69) is 25.7 Å². The molecule has 1 saturated carbocycles. The minimum absolute atomic E-state index is 0.00809. The number of rotatable bonds is 10. The molecule has 0 spiro atoms. The van der Waals surface area contributed by atoms with E-state index in [4.69, 9.17) is 11.6 Å². The van der Waals surface area contributed by atoms with E-state index in [9.17, 15) is 14.4 Å². The van der Waals surface area contributed by atoms with Gasteiger partial charge in [0, 0.05) is 40.2 Å². The smallest absolute Gasteiger partial charge is 0.245 e. The molecule has 0 bridgehead atoms. The quantitative estimate of drug-likeness (QED) is 0.190. The van der Waals surface area contributed by atoms with Crippen LogP contribution in [0.15, 0.2) is 79.4 Å². The van der Waals surface area contributed by atoms with Crippen molar-refractivity contribution in [1.29, 1.82) is 0 Å². The SMILES string of the molecule is CC(=O)c1nn(CC(=O)N(CC(=O)Nc2cccc(-c3ccccc3Cl)c2F)C2CC2)c2ccc(Nc3cncnc3)cc12. The van der Waals surface area contributed by atoms with E-state index in [-0.39, 0.29) is 47.8 Å². The number of ketones is 1. The topological polar surface area (TPSA) is 122 Å². The van der Waals surface area contributed by atoms with E-state index < -0.39 is 11.7 Å². The van der Waals surface area contributed by atoms with Crippen molar-refractivity contribution in [2.75, 3.05) is 17.2 Å². The number of amides is 2. The molecule has 5 aromatic rings. The molecular formula is C32H27ClFN7O3. The highest BCUT2D eigenvalue weighted by molar-refractivity contribution is 6.33. The standard InChI is InChI=1S/C32H27ClFN7O3/c1-19(42)32-25-13-20(37-21-14-35-18-36-15-21)9-12-28(25)41(39-32)17-30(44)40(22-10-11-22)16-29(43)38-27-8-4-6-24(31(27)34)23-5-2-3-7-26(23)33/h2-9,12-15,18,22,37H,10-11,16-17H2,1H3,(H,38,43). The Bertz CT molecular complexity index is 1890. The Kier molecular flexibility index (Phi) is 8.03. The lowest BCUT2D eigenvalue weighted by molar-refractivity contribution is -0.135. The minimum atomic E-state index is -0.619. The molecule has 1 aliphatic rings. The Hall–Kier alpha value is -5.16. The van der Waals surface area contributed by atoms with Gasteiger partial charge < -0.3 is 15.5 Å². The average molecular weight is 612 g/mol. The summed E-state index contributed by atoms with van der Waals surface area (Å²) in [5.41, 5.74) is 2.95. The van der Waals surface area contributed by atoms with Crippen LogP contribution in [0.5, 0.6) is 0 Å². The Morgan fingerprint density at radius 3 is 2.48 bits per heavy atom. The van der Waals surface area contributed by atoms with Crippen LogP contribution in [0.1, 0.15) is 30.3 Å². The summed E-state index contributed by atoms with van der Waals surface area (Å²) in [5.74, 6) is -1.74. The molecule has 6 rings (SSSR count). The third-order valence-electron chi connectivity index (χ3n) is 7.28. The van der Waals surface area contributed by atoms with Crippen LogP contribution in [0.25, 0.3) is 22.0 Å². The number of hydrogen-bond donors (Lipinski definition) is 2. The van der Waals surface area contributed by atoms with Crippen molar-refractivity contribution in [3.8, 4) is 11.1 Å². The Labute approximate surface area is 256 Å². The number of nitrogens with zero attached hydrogens (tertiary/aromatic N) is 5. The van der Waals surface area contributed by atoms with Crippen LogP contribution in [-0.4, -0.2) is 54.8 Å². The van der Waals surface area contributed by atoms with Gasteiger partial charge in [-0.05, 0) is 43.2 Å². The fraction of sp³-hybridized carbons (Fsp3) is 0.188. The van der Waals surface area contributed by atoms with E-state index in [0.29, 0.717) is 32.9 Å².